The molecule has 0 radical (unpaired) electrons. The van der Waals surface area contributed by atoms with Crippen LogP contribution >= 0.6 is 11.5 Å². The minimum Gasteiger partial charge on any atom is -0.493 e. The van der Waals surface area contributed by atoms with Gasteiger partial charge in [0.25, 0.3) is 0 Å². The predicted octanol–water partition coefficient (Wildman–Crippen LogP) is 5.21. The number of methoxy groups -OCH3 is 2. The highest BCUT2D eigenvalue weighted by molar-refractivity contribution is 7.13. The average molecular weight is 553 g/mol. The third-order valence-electron chi connectivity index (χ3n) is 8.03. The van der Waals surface area contributed by atoms with E-state index >= 15 is 0 Å². The molecule has 2 fully saturated rings. The highest BCUT2D eigenvalue weighted by atomic mass is 32.1. The van der Waals surface area contributed by atoms with Crippen LogP contribution < -0.4 is 19.7 Å². The Kier molecular flexibility index (Phi) is 8.98. The summed E-state index contributed by atoms with van der Waals surface area (Å²) in [5, 5.41) is 4.18. The fourth-order valence-corrected chi connectivity index (χ4v) is 6.71. The highest BCUT2D eigenvalue weighted by Crippen LogP contribution is 2.33. The van der Waals surface area contributed by atoms with Crippen LogP contribution in [0.5, 0.6) is 11.5 Å². The number of ether oxygens (including phenoxy) is 2. The van der Waals surface area contributed by atoms with E-state index in [1.54, 1.807) is 32.4 Å². The summed E-state index contributed by atoms with van der Waals surface area (Å²) in [6.07, 6.45) is 8.19. The molecule has 9 heteroatoms. The maximum absolute atomic E-state index is 13.6. The van der Waals surface area contributed by atoms with Crippen molar-refractivity contribution >= 4 is 39.4 Å². The standard InChI is InChI=1S/C30H37FN4O3S/c1-37-26-9-5-8-21(29(26)38-2)10-13-28(36)32-19-22-6-3-4-7-23(22)20-34-14-16-35(17-15-34)30-25-12-11-24(31)18-27(25)39-33-30/h5,8-13,18,22-23H,3-4,6-7,14-17,19-20H2,1-2H3,(H,32,36)/b13-10+/t22-,23-/m0/s1. The Balaban J connectivity index is 1.12. The van der Waals surface area contributed by atoms with Gasteiger partial charge in [0, 0.05) is 56.3 Å². The van der Waals surface area contributed by atoms with Gasteiger partial charge in [0.15, 0.2) is 11.5 Å². The summed E-state index contributed by atoms with van der Waals surface area (Å²) in [6.45, 7) is 5.58. The summed E-state index contributed by atoms with van der Waals surface area (Å²) in [7, 11) is 3.20. The number of carbonyl (C=O) groups is 1. The van der Waals surface area contributed by atoms with Gasteiger partial charge in [0.1, 0.15) is 11.6 Å². The second-order valence-electron chi connectivity index (χ2n) is 10.4. The third kappa shape index (κ3) is 6.53. The number of anilines is 1. The van der Waals surface area contributed by atoms with Crippen molar-refractivity contribution in [2.45, 2.75) is 25.7 Å². The molecular weight excluding hydrogens is 515 g/mol. The van der Waals surface area contributed by atoms with E-state index in [1.807, 2.05) is 24.3 Å². The van der Waals surface area contributed by atoms with Gasteiger partial charge in [-0.3, -0.25) is 9.69 Å². The Morgan fingerprint density at radius 1 is 1.10 bits per heavy atom. The van der Waals surface area contributed by atoms with Gasteiger partial charge < -0.3 is 19.7 Å². The minimum atomic E-state index is -0.214. The van der Waals surface area contributed by atoms with Crippen LogP contribution in [0.3, 0.4) is 0 Å². The van der Waals surface area contributed by atoms with E-state index in [0.29, 0.717) is 29.9 Å². The number of carbonyl (C=O) groups excluding carboxylic acids is 1. The molecule has 0 bridgehead atoms. The Morgan fingerprint density at radius 3 is 2.67 bits per heavy atom. The SMILES string of the molecule is COc1cccc(/C=C/C(=O)NC[C@@H]2CCCC[C@H]2CN2CCN(c3nsc4cc(F)ccc34)CC2)c1OC. The van der Waals surface area contributed by atoms with Gasteiger partial charge in [-0.2, -0.15) is 4.37 Å². The topological polar surface area (TPSA) is 66.9 Å². The van der Waals surface area contributed by atoms with E-state index in [0.717, 1.165) is 60.6 Å². The van der Waals surface area contributed by atoms with Crippen LogP contribution in [0, 0.1) is 17.7 Å². The van der Waals surface area contributed by atoms with Crippen molar-refractivity contribution in [2.24, 2.45) is 11.8 Å². The van der Waals surface area contributed by atoms with Crippen LogP contribution in [-0.2, 0) is 4.79 Å². The molecule has 1 amide bonds. The molecule has 1 N–H and O–H groups in total. The number of aromatic nitrogens is 1. The van der Waals surface area contributed by atoms with Gasteiger partial charge in [0.2, 0.25) is 5.91 Å². The monoisotopic (exact) mass is 552 g/mol. The summed E-state index contributed by atoms with van der Waals surface area (Å²) in [6, 6.07) is 10.6. The lowest BCUT2D eigenvalue weighted by molar-refractivity contribution is -0.116. The number of nitrogens with one attached hydrogen (secondary N) is 1. The largest absolute Gasteiger partial charge is 0.493 e. The van der Waals surface area contributed by atoms with E-state index in [1.165, 1.54) is 36.9 Å². The van der Waals surface area contributed by atoms with Crippen molar-refractivity contribution in [1.82, 2.24) is 14.6 Å². The summed E-state index contributed by atoms with van der Waals surface area (Å²) < 4.78 is 29.9. The van der Waals surface area contributed by atoms with Gasteiger partial charge in [-0.05, 0) is 66.6 Å². The molecule has 39 heavy (non-hydrogen) atoms. The molecule has 5 rings (SSSR count). The molecule has 1 aliphatic carbocycles. The van der Waals surface area contributed by atoms with Gasteiger partial charge in [-0.15, -0.1) is 0 Å². The predicted molar refractivity (Wildman–Crippen MR) is 155 cm³/mol. The van der Waals surface area contributed by atoms with Crippen LogP contribution in [0.15, 0.2) is 42.5 Å². The first-order chi connectivity index (χ1) is 19.1. The number of piperazine rings is 1. The maximum atomic E-state index is 13.6. The number of rotatable bonds is 9. The van der Waals surface area contributed by atoms with E-state index < -0.39 is 0 Å². The molecule has 1 aromatic heterocycles. The first-order valence-corrected chi connectivity index (χ1v) is 14.5. The molecule has 2 heterocycles. The van der Waals surface area contributed by atoms with Crippen LogP contribution in [0.4, 0.5) is 10.2 Å². The Bertz CT molecular complexity index is 1300. The smallest absolute Gasteiger partial charge is 0.244 e. The Hall–Kier alpha value is -3.17. The lowest BCUT2D eigenvalue weighted by Gasteiger charge is -2.40. The van der Waals surface area contributed by atoms with Crippen molar-refractivity contribution in [2.75, 3.05) is 58.4 Å². The summed E-state index contributed by atoms with van der Waals surface area (Å²) in [4.78, 5) is 17.5. The second kappa shape index (κ2) is 12.8. The minimum absolute atomic E-state index is 0.0896. The summed E-state index contributed by atoms with van der Waals surface area (Å²) >= 11 is 1.37. The van der Waals surface area contributed by atoms with Crippen molar-refractivity contribution in [3.05, 3.63) is 53.9 Å². The van der Waals surface area contributed by atoms with Crippen molar-refractivity contribution < 1.29 is 18.7 Å². The van der Waals surface area contributed by atoms with Gasteiger partial charge in [-0.25, -0.2) is 4.39 Å². The number of nitrogens with zero attached hydrogens (tertiary/aromatic N) is 3. The molecule has 0 unspecified atom stereocenters. The molecule has 2 aliphatic rings. The lowest BCUT2D eigenvalue weighted by atomic mass is 9.78. The zero-order valence-corrected chi connectivity index (χ0v) is 23.5. The number of halogens is 1. The molecule has 1 saturated carbocycles. The zero-order chi connectivity index (χ0) is 27.2. The first-order valence-electron chi connectivity index (χ1n) is 13.7. The van der Waals surface area contributed by atoms with Crippen LogP contribution in [0.2, 0.25) is 0 Å². The quantitative estimate of drug-likeness (QED) is 0.368. The van der Waals surface area contributed by atoms with Gasteiger partial charge in [0.05, 0.1) is 18.9 Å². The van der Waals surface area contributed by atoms with Gasteiger partial charge in [-0.1, -0.05) is 25.0 Å². The van der Waals surface area contributed by atoms with Crippen molar-refractivity contribution in [3.63, 3.8) is 0 Å². The number of amides is 1. The van der Waals surface area contributed by atoms with Crippen LogP contribution in [0.1, 0.15) is 31.2 Å². The fraction of sp³-hybridized carbons (Fsp3) is 0.467. The van der Waals surface area contributed by atoms with E-state index in [9.17, 15) is 9.18 Å². The molecule has 2 atom stereocenters. The van der Waals surface area contributed by atoms with E-state index in [2.05, 4.69) is 19.5 Å². The molecular formula is C30H37FN4O3S. The zero-order valence-electron chi connectivity index (χ0n) is 22.7. The molecule has 0 spiro atoms. The highest BCUT2D eigenvalue weighted by Gasteiger charge is 2.29. The number of fused-ring (bicyclic) bond motifs is 1. The number of hydrogen-bond acceptors (Lipinski definition) is 7. The lowest BCUT2D eigenvalue weighted by Crippen LogP contribution is -2.49. The fourth-order valence-electron chi connectivity index (χ4n) is 5.89. The number of benzene rings is 2. The third-order valence-corrected chi connectivity index (χ3v) is 8.83. The summed E-state index contributed by atoms with van der Waals surface area (Å²) in [5.74, 6) is 3.00. The average Bonchev–Trinajstić information content (AvgIpc) is 3.38. The van der Waals surface area contributed by atoms with Crippen molar-refractivity contribution in [3.8, 4) is 11.5 Å². The van der Waals surface area contributed by atoms with Crippen LogP contribution in [0.25, 0.3) is 16.2 Å². The Labute approximate surface area is 233 Å². The first kappa shape index (κ1) is 27.4. The Morgan fingerprint density at radius 2 is 1.90 bits per heavy atom. The molecule has 7 nitrogen and oxygen atoms in total. The number of hydrogen-bond donors (Lipinski definition) is 1. The number of para-hydroxylation sites is 1. The summed E-state index contributed by atoms with van der Waals surface area (Å²) in [5.41, 5.74) is 0.805. The van der Waals surface area contributed by atoms with Crippen molar-refractivity contribution in [1.29, 1.82) is 0 Å². The molecule has 1 aliphatic heterocycles. The molecule has 1 saturated heterocycles. The normalized spacial score (nSPS) is 20.4. The molecule has 2 aromatic carbocycles. The van der Waals surface area contributed by atoms with Gasteiger partial charge >= 0.3 is 0 Å². The maximum Gasteiger partial charge on any atom is 0.244 e. The second-order valence-corrected chi connectivity index (χ2v) is 11.2. The molecule has 3 aromatic rings. The van der Waals surface area contributed by atoms with E-state index in [-0.39, 0.29) is 11.7 Å². The molecule has 208 valence electrons. The van der Waals surface area contributed by atoms with E-state index in [4.69, 9.17) is 9.47 Å². The van der Waals surface area contributed by atoms with Crippen LogP contribution in [-0.4, -0.2) is 68.7 Å².